The molecule has 1 heterocycles. The lowest BCUT2D eigenvalue weighted by molar-refractivity contribution is -0.384. The van der Waals surface area contributed by atoms with Gasteiger partial charge in [-0.3, -0.25) is 20.3 Å². The van der Waals surface area contributed by atoms with Crippen molar-refractivity contribution in [3.8, 4) is 5.75 Å². The second-order valence-electron chi connectivity index (χ2n) is 6.62. The summed E-state index contributed by atoms with van der Waals surface area (Å²) in [6, 6.07) is 9.68. The number of amides is 1. The molecule has 3 rings (SSSR count). The van der Waals surface area contributed by atoms with Crippen molar-refractivity contribution in [3.05, 3.63) is 58.1 Å². The van der Waals surface area contributed by atoms with Crippen molar-refractivity contribution in [1.29, 1.82) is 0 Å². The molecular weight excluding hydrogens is 527 g/mol. The van der Waals surface area contributed by atoms with E-state index in [9.17, 15) is 23.3 Å². The molecule has 0 radical (unpaired) electrons. The fraction of sp³-hybridized carbons (Fsp3) is 0.278. The van der Waals surface area contributed by atoms with Gasteiger partial charge in [-0.25, -0.2) is 8.42 Å². The molecule has 0 saturated carbocycles. The first-order valence-electron chi connectivity index (χ1n) is 9.06. The minimum atomic E-state index is -4.14. The molecule has 0 unspecified atom stereocenters. The van der Waals surface area contributed by atoms with Gasteiger partial charge in [-0.1, -0.05) is 0 Å². The molecule has 2 aromatic rings. The number of anilines is 1. The fourth-order valence-corrected chi connectivity index (χ4v) is 4.27. The Bertz CT molecular complexity index is 1040. The Morgan fingerprint density at radius 2 is 1.77 bits per heavy atom. The molecule has 1 aliphatic heterocycles. The minimum absolute atomic E-state index is 0.155. The number of sulfonamides is 1. The first-order valence-corrected chi connectivity index (χ1v) is 11.4. The number of carbonyl (C=O) groups is 1. The molecule has 12 heteroatoms. The summed E-state index contributed by atoms with van der Waals surface area (Å²) in [4.78, 5) is 26.7. The Morgan fingerprint density at radius 1 is 1.10 bits per heavy atom. The summed E-state index contributed by atoms with van der Waals surface area (Å²) >= 11 is 1.70. The van der Waals surface area contributed by atoms with Crippen LogP contribution in [0.3, 0.4) is 0 Å². The highest BCUT2D eigenvalue weighted by Gasteiger charge is 2.25. The van der Waals surface area contributed by atoms with E-state index < -0.39 is 20.9 Å². The maximum Gasteiger partial charge on any atom is 0.292 e. The van der Waals surface area contributed by atoms with Gasteiger partial charge in [0.15, 0.2) is 23.0 Å². The highest BCUT2D eigenvalue weighted by atomic mass is 127. The largest absolute Gasteiger partial charge is 0.428 e. The van der Waals surface area contributed by atoms with Crippen LogP contribution in [0.25, 0.3) is 0 Å². The van der Waals surface area contributed by atoms with E-state index in [1.165, 1.54) is 24.3 Å². The molecule has 0 spiro atoms. The lowest BCUT2D eigenvalue weighted by Crippen LogP contribution is -2.41. The van der Waals surface area contributed by atoms with Gasteiger partial charge < -0.3 is 7.97 Å². The van der Waals surface area contributed by atoms with E-state index in [4.69, 9.17) is 3.07 Å². The molecule has 0 atom stereocenters. The first kappa shape index (κ1) is 22.2. The van der Waals surface area contributed by atoms with Crippen molar-refractivity contribution < 1.29 is 21.2 Å². The van der Waals surface area contributed by atoms with Crippen LogP contribution in [0.1, 0.15) is 29.6 Å². The number of hydrogen-bond donors (Lipinski definition) is 2. The standard InChI is InChI=1S/C18H19IN4O6S/c19-29-14-6-4-13(5-7-14)18(24)20-21-30(27,28)15-8-9-16(23(25)26)17(12-15)22-10-2-1-3-11-22/h4-9,12,21H,1-3,10-11H2,(H,20,24). The van der Waals surface area contributed by atoms with Gasteiger partial charge in [-0.15, -0.1) is 4.83 Å². The molecule has 2 aromatic carbocycles. The van der Waals surface area contributed by atoms with Crippen LogP contribution in [0.2, 0.25) is 0 Å². The number of nitro groups is 1. The summed E-state index contributed by atoms with van der Waals surface area (Å²) in [5.74, 6) is -0.111. The molecule has 1 aliphatic rings. The van der Waals surface area contributed by atoms with Crippen molar-refractivity contribution >= 4 is 50.3 Å². The number of nitrogens with zero attached hydrogens (tertiary/aromatic N) is 2. The third kappa shape index (κ3) is 5.17. The summed E-state index contributed by atoms with van der Waals surface area (Å²) in [6.45, 7) is 1.23. The lowest BCUT2D eigenvalue weighted by atomic mass is 10.1. The molecular formula is C18H19IN4O6S. The highest BCUT2D eigenvalue weighted by molar-refractivity contribution is 14.1. The Labute approximate surface area is 187 Å². The SMILES string of the molecule is O=C(NNS(=O)(=O)c1ccc([N+](=O)[O-])c(N2CCCCC2)c1)c1ccc(OI)cc1. The summed E-state index contributed by atoms with van der Waals surface area (Å²) in [5.41, 5.74) is 2.47. The zero-order valence-corrected chi connectivity index (χ0v) is 18.7. The third-order valence-electron chi connectivity index (χ3n) is 4.66. The highest BCUT2D eigenvalue weighted by Crippen LogP contribution is 2.32. The molecule has 0 bridgehead atoms. The smallest absolute Gasteiger partial charge is 0.292 e. The van der Waals surface area contributed by atoms with Crippen molar-refractivity contribution in [2.24, 2.45) is 0 Å². The quantitative estimate of drug-likeness (QED) is 0.310. The summed E-state index contributed by atoms with van der Waals surface area (Å²) < 4.78 is 30.3. The number of piperidine rings is 1. The Balaban J connectivity index is 1.79. The number of halogens is 1. The van der Waals surface area contributed by atoms with E-state index in [1.807, 2.05) is 9.73 Å². The second kappa shape index (κ2) is 9.57. The average molecular weight is 546 g/mol. The van der Waals surface area contributed by atoms with Gasteiger partial charge >= 0.3 is 0 Å². The average Bonchev–Trinajstić information content (AvgIpc) is 2.77. The van der Waals surface area contributed by atoms with Crippen molar-refractivity contribution in [2.75, 3.05) is 18.0 Å². The van der Waals surface area contributed by atoms with Crippen LogP contribution in [-0.2, 0) is 10.0 Å². The van der Waals surface area contributed by atoms with Crippen LogP contribution in [0, 0.1) is 10.1 Å². The van der Waals surface area contributed by atoms with Crippen molar-refractivity contribution in [2.45, 2.75) is 24.2 Å². The number of nitro benzene ring substituents is 1. The molecule has 0 aliphatic carbocycles. The molecule has 1 amide bonds. The number of rotatable bonds is 7. The van der Waals surface area contributed by atoms with Crippen molar-refractivity contribution in [1.82, 2.24) is 10.3 Å². The topological polar surface area (TPSA) is 131 Å². The minimum Gasteiger partial charge on any atom is -0.428 e. The van der Waals surface area contributed by atoms with E-state index in [0.29, 0.717) is 18.8 Å². The van der Waals surface area contributed by atoms with Crippen molar-refractivity contribution in [3.63, 3.8) is 0 Å². The van der Waals surface area contributed by atoms with Gasteiger partial charge in [0.05, 0.1) is 9.82 Å². The van der Waals surface area contributed by atoms with Crippen LogP contribution in [0.15, 0.2) is 47.4 Å². The Hall–Kier alpha value is -2.45. The zero-order chi connectivity index (χ0) is 21.7. The number of carbonyl (C=O) groups excluding carboxylic acids is 1. The number of nitrogens with one attached hydrogen (secondary N) is 2. The molecule has 10 nitrogen and oxygen atoms in total. The predicted octanol–water partition coefficient (Wildman–Crippen LogP) is 2.94. The van der Waals surface area contributed by atoms with Gasteiger partial charge in [-0.05, 0) is 55.7 Å². The molecule has 1 fully saturated rings. The van der Waals surface area contributed by atoms with E-state index in [-0.39, 0.29) is 21.8 Å². The normalized spacial score (nSPS) is 14.2. The van der Waals surface area contributed by atoms with Gasteiger partial charge in [-0.2, -0.15) is 0 Å². The van der Waals surface area contributed by atoms with E-state index in [0.717, 1.165) is 25.3 Å². The molecule has 0 aromatic heterocycles. The predicted molar refractivity (Wildman–Crippen MR) is 118 cm³/mol. The molecule has 30 heavy (non-hydrogen) atoms. The maximum absolute atomic E-state index is 12.6. The van der Waals surface area contributed by atoms with Crippen LogP contribution in [-0.4, -0.2) is 32.3 Å². The number of hydrazine groups is 1. The van der Waals surface area contributed by atoms with E-state index in [2.05, 4.69) is 5.43 Å². The molecule has 2 N–H and O–H groups in total. The van der Waals surface area contributed by atoms with Gasteiger partial charge in [0.2, 0.25) is 0 Å². The van der Waals surface area contributed by atoms with Crippen LogP contribution in [0.4, 0.5) is 11.4 Å². The lowest BCUT2D eigenvalue weighted by Gasteiger charge is -2.28. The fourth-order valence-electron chi connectivity index (χ4n) is 3.12. The van der Waals surface area contributed by atoms with Gasteiger partial charge in [0.25, 0.3) is 21.6 Å². The van der Waals surface area contributed by atoms with Crippen LogP contribution >= 0.6 is 23.0 Å². The summed E-state index contributed by atoms with van der Waals surface area (Å²) in [7, 11) is -4.14. The van der Waals surface area contributed by atoms with Crippen LogP contribution in [0.5, 0.6) is 5.75 Å². The van der Waals surface area contributed by atoms with Gasteiger partial charge in [0.1, 0.15) is 11.4 Å². The number of hydrogen-bond acceptors (Lipinski definition) is 7. The number of benzene rings is 2. The van der Waals surface area contributed by atoms with E-state index >= 15 is 0 Å². The van der Waals surface area contributed by atoms with E-state index in [1.54, 1.807) is 35.1 Å². The maximum atomic E-state index is 12.6. The van der Waals surface area contributed by atoms with Crippen LogP contribution < -0.4 is 18.2 Å². The summed E-state index contributed by atoms with van der Waals surface area (Å²) in [5, 5.41) is 11.4. The molecule has 160 valence electrons. The van der Waals surface area contributed by atoms with Gasteiger partial charge in [0, 0.05) is 24.7 Å². The molecule has 1 saturated heterocycles. The second-order valence-corrected chi connectivity index (χ2v) is 8.74. The monoisotopic (exact) mass is 546 g/mol. The third-order valence-corrected chi connectivity index (χ3v) is 6.41. The Morgan fingerprint density at radius 3 is 2.37 bits per heavy atom. The first-order chi connectivity index (χ1) is 14.3. The summed E-state index contributed by atoms with van der Waals surface area (Å²) in [6.07, 6.45) is 2.79. The Kier molecular flexibility index (Phi) is 7.10. The zero-order valence-electron chi connectivity index (χ0n) is 15.7.